The molecule has 0 atom stereocenters. The van der Waals surface area contributed by atoms with Gasteiger partial charge in [0.25, 0.3) is 0 Å². The Hall–Kier alpha value is -0.740. The van der Waals surface area contributed by atoms with Crippen LogP contribution < -0.4 is 16.1 Å². The van der Waals surface area contributed by atoms with Gasteiger partial charge < -0.3 is 10.6 Å². The fourth-order valence-electron chi connectivity index (χ4n) is 1.56. The summed E-state index contributed by atoms with van der Waals surface area (Å²) in [5.74, 6) is 0. The first-order valence-electron chi connectivity index (χ1n) is 4.80. The second kappa shape index (κ2) is 4.66. The summed E-state index contributed by atoms with van der Waals surface area (Å²) in [5, 5.41) is 0. The Labute approximate surface area is 89.2 Å². The van der Waals surface area contributed by atoms with Crippen LogP contribution in [0.15, 0.2) is 4.79 Å². The van der Waals surface area contributed by atoms with E-state index in [1.807, 2.05) is 14.0 Å². The largest absolute Gasteiger partial charge is 0.373 e. The van der Waals surface area contributed by atoms with Gasteiger partial charge in [-0.15, -0.1) is 0 Å². The van der Waals surface area contributed by atoms with Gasteiger partial charge in [-0.2, -0.15) is 0 Å². The van der Waals surface area contributed by atoms with Crippen LogP contribution in [0.25, 0.3) is 0 Å². The van der Waals surface area contributed by atoms with Gasteiger partial charge in [-0.05, 0) is 26.3 Å². The SMILES string of the molecule is Cc1c(N(C)CCCCN)c(=S)c1=O. The van der Waals surface area contributed by atoms with Crippen molar-refractivity contribution < 1.29 is 0 Å². The zero-order valence-electron chi connectivity index (χ0n) is 8.67. The first kappa shape index (κ1) is 11.3. The third kappa shape index (κ3) is 2.01. The molecule has 0 aliphatic carbocycles. The molecule has 1 aromatic rings. The molecule has 0 aliphatic heterocycles. The lowest BCUT2D eigenvalue weighted by Gasteiger charge is -2.22. The molecule has 0 radical (unpaired) electrons. The fourth-order valence-corrected chi connectivity index (χ4v) is 2.02. The molecule has 0 saturated heterocycles. The summed E-state index contributed by atoms with van der Waals surface area (Å²) in [6.07, 6.45) is 2.05. The van der Waals surface area contributed by atoms with E-state index in [1.165, 1.54) is 0 Å². The number of rotatable bonds is 5. The van der Waals surface area contributed by atoms with Crippen molar-refractivity contribution in [3.63, 3.8) is 0 Å². The van der Waals surface area contributed by atoms with Crippen molar-refractivity contribution in [2.45, 2.75) is 19.8 Å². The summed E-state index contributed by atoms with van der Waals surface area (Å²) in [5.41, 5.74) is 7.17. The molecule has 3 nitrogen and oxygen atoms in total. The van der Waals surface area contributed by atoms with Gasteiger partial charge in [0.2, 0.25) is 5.43 Å². The van der Waals surface area contributed by atoms with Crippen molar-refractivity contribution in [3.05, 3.63) is 20.3 Å². The fraction of sp³-hybridized carbons (Fsp3) is 0.600. The summed E-state index contributed by atoms with van der Waals surface area (Å²) in [4.78, 5) is 13.2. The van der Waals surface area contributed by atoms with E-state index in [4.69, 9.17) is 18.0 Å². The number of hydrogen-bond donors (Lipinski definition) is 1. The van der Waals surface area contributed by atoms with E-state index in [1.54, 1.807) is 0 Å². The molecule has 0 unspecified atom stereocenters. The van der Waals surface area contributed by atoms with Gasteiger partial charge in [-0.1, -0.05) is 12.2 Å². The van der Waals surface area contributed by atoms with Gasteiger partial charge >= 0.3 is 0 Å². The maximum atomic E-state index is 11.2. The minimum absolute atomic E-state index is 0.0284. The maximum Gasteiger partial charge on any atom is 0.203 e. The van der Waals surface area contributed by atoms with Crippen LogP contribution in [0.1, 0.15) is 18.4 Å². The topological polar surface area (TPSA) is 46.3 Å². The lowest BCUT2D eigenvalue weighted by Crippen LogP contribution is -2.28. The average Bonchev–Trinajstić information content (AvgIpc) is 2.18. The van der Waals surface area contributed by atoms with E-state index in [0.717, 1.165) is 37.2 Å². The normalized spacial score (nSPS) is 10.8. The molecule has 0 bridgehead atoms. The van der Waals surface area contributed by atoms with Crippen LogP contribution in [0, 0.1) is 11.4 Å². The highest BCUT2D eigenvalue weighted by molar-refractivity contribution is 7.71. The number of hydrogen-bond acceptors (Lipinski definition) is 4. The monoisotopic (exact) mass is 212 g/mol. The van der Waals surface area contributed by atoms with Crippen LogP contribution in [-0.2, 0) is 0 Å². The zero-order valence-corrected chi connectivity index (χ0v) is 9.49. The van der Waals surface area contributed by atoms with Crippen LogP contribution >= 0.6 is 12.2 Å². The van der Waals surface area contributed by atoms with Gasteiger partial charge in [0.1, 0.15) is 4.51 Å². The van der Waals surface area contributed by atoms with Crippen LogP contribution in [0.5, 0.6) is 0 Å². The molecule has 1 rings (SSSR count). The van der Waals surface area contributed by atoms with Gasteiger partial charge in [0, 0.05) is 19.2 Å². The highest BCUT2D eigenvalue weighted by Gasteiger charge is 2.16. The number of anilines is 1. The summed E-state index contributed by atoms with van der Waals surface area (Å²) < 4.78 is 0.484. The third-order valence-electron chi connectivity index (χ3n) is 2.45. The van der Waals surface area contributed by atoms with Gasteiger partial charge in [0.05, 0.1) is 5.69 Å². The van der Waals surface area contributed by atoms with Gasteiger partial charge in [-0.3, -0.25) is 4.79 Å². The Balaban J connectivity index is 2.58. The Morgan fingerprint density at radius 3 is 2.57 bits per heavy atom. The molecule has 78 valence electrons. The van der Waals surface area contributed by atoms with Gasteiger partial charge in [0.15, 0.2) is 0 Å². The molecule has 2 N–H and O–H groups in total. The molecule has 4 heteroatoms. The smallest absolute Gasteiger partial charge is 0.203 e. The van der Waals surface area contributed by atoms with E-state index < -0.39 is 0 Å². The highest BCUT2D eigenvalue weighted by atomic mass is 32.1. The Morgan fingerprint density at radius 2 is 2.07 bits per heavy atom. The van der Waals surface area contributed by atoms with Crippen LogP contribution in [0.2, 0.25) is 0 Å². The first-order valence-corrected chi connectivity index (χ1v) is 5.21. The Bertz CT molecular complexity index is 379. The standard InChI is InChI=1S/C10H16N2OS/c1-7-8(10(14)9(7)13)12(2)6-4-3-5-11/h3-6,11H2,1-2H3. The molecule has 0 spiro atoms. The van der Waals surface area contributed by atoms with Crippen molar-refractivity contribution >= 4 is 17.9 Å². The molecule has 0 saturated carbocycles. The Morgan fingerprint density at radius 1 is 1.43 bits per heavy atom. The second-order valence-electron chi connectivity index (χ2n) is 3.55. The summed E-state index contributed by atoms with van der Waals surface area (Å²) in [6, 6.07) is 0. The van der Waals surface area contributed by atoms with E-state index in [2.05, 4.69) is 4.90 Å². The second-order valence-corrected chi connectivity index (χ2v) is 3.96. The van der Waals surface area contributed by atoms with Crippen LogP contribution in [0.4, 0.5) is 5.69 Å². The predicted octanol–water partition coefficient (Wildman–Crippen LogP) is 1.14. The Kier molecular flexibility index (Phi) is 3.77. The molecule has 0 aromatic heterocycles. The first-order chi connectivity index (χ1) is 6.59. The van der Waals surface area contributed by atoms with E-state index in [0.29, 0.717) is 4.51 Å². The maximum absolute atomic E-state index is 11.2. The molecular weight excluding hydrogens is 196 g/mol. The molecule has 14 heavy (non-hydrogen) atoms. The van der Waals surface area contributed by atoms with E-state index in [9.17, 15) is 4.79 Å². The van der Waals surface area contributed by atoms with Gasteiger partial charge in [-0.25, -0.2) is 0 Å². The third-order valence-corrected chi connectivity index (χ3v) is 2.83. The van der Waals surface area contributed by atoms with E-state index >= 15 is 0 Å². The summed E-state index contributed by atoms with van der Waals surface area (Å²) in [7, 11) is 1.97. The average molecular weight is 212 g/mol. The number of nitrogens with two attached hydrogens (primary N) is 1. The number of nitrogens with zero attached hydrogens (tertiary/aromatic N) is 1. The lowest BCUT2D eigenvalue weighted by atomic mass is 10.1. The summed E-state index contributed by atoms with van der Waals surface area (Å²) >= 11 is 4.99. The van der Waals surface area contributed by atoms with Crippen LogP contribution in [-0.4, -0.2) is 20.1 Å². The zero-order chi connectivity index (χ0) is 10.7. The van der Waals surface area contributed by atoms with Crippen molar-refractivity contribution in [2.24, 2.45) is 5.73 Å². The molecule has 0 amide bonds. The minimum Gasteiger partial charge on any atom is -0.373 e. The quantitative estimate of drug-likeness (QED) is 0.587. The highest BCUT2D eigenvalue weighted by Crippen LogP contribution is 2.20. The lowest BCUT2D eigenvalue weighted by molar-refractivity contribution is 0.725. The summed E-state index contributed by atoms with van der Waals surface area (Å²) in [6.45, 7) is 3.46. The van der Waals surface area contributed by atoms with Crippen molar-refractivity contribution in [1.29, 1.82) is 0 Å². The molecule has 0 aliphatic rings. The van der Waals surface area contributed by atoms with E-state index in [-0.39, 0.29) is 5.43 Å². The molecule has 0 fully saturated rings. The minimum atomic E-state index is 0.0284. The molecule has 1 aromatic carbocycles. The van der Waals surface area contributed by atoms with Crippen molar-refractivity contribution in [1.82, 2.24) is 0 Å². The van der Waals surface area contributed by atoms with Crippen molar-refractivity contribution in [3.8, 4) is 0 Å². The molecular formula is C10H16N2OS. The van der Waals surface area contributed by atoms with Crippen molar-refractivity contribution in [2.75, 3.05) is 25.0 Å². The number of unbranched alkanes of at least 4 members (excludes halogenated alkanes) is 1. The van der Waals surface area contributed by atoms with Crippen LogP contribution in [0.3, 0.4) is 0 Å². The predicted molar refractivity (Wildman–Crippen MR) is 62.2 cm³/mol. The molecule has 0 heterocycles.